The van der Waals surface area contributed by atoms with Crippen molar-refractivity contribution in [3.63, 3.8) is 0 Å². The SMILES string of the molecule is CC#C[C]=O. The van der Waals surface area contributed by atoms with Gasteiger partial charge in [0.2, 0.25) is 0 Å². The van der Waals surface area contributed by atoms with Crippen LogP contribution in [0.3, 0.4) is 0 Å². The van der Waals surface area contributed by atoms with E-state index in [9.17, 15) is 0 Å². The third-order valence-corrected chi connectivity index (χ3v) is 0.176. The van der Waals surface area contributed by atoms with Gasteiger partial charge in [-0.3, -0.25) is 4.79 Å². The summed E-state index contributed by atoms with van der Waals surface area (Å²) < 4.78 is 0. The summed E-state index contributed by atoms with van der Waals surface area (Å²) in [5.74, 6) is 4.40. The average molecular weight is 67.1 g/mol. The van der Waals surface area contributed by atoms with Gasteiger partial charge < -0.3 is 0 Å². The second kappa shape index (κ2) is 3.23. The molecule has 0 aliphatic rings. The van der Waals surface area contributed by atoms with Crippen molar-refractivity contribution in [2.45, 2.75) is 6.92 Å². The fourth-order valence-electron chi connectivity index (χ4n) is 0.0510. The molecule has 0 rings (SSSR count). The number of hydrogen-bond acceptors (Lipinski definition) is 1. The Labute approximate surface area is 31.0 Å². The Morgan fingerprint density at radius 1 is 1.60 bits per heavy atom. The maximum Gasteiger partial charge on any atom is 0.284 e. The van der Waals surface area contributed by atoms with Crippen molar-refractivity contribution < 1.29 is 4.79 Å². The van der Waals surface area contributed by atoms with Crippen molar-refractivity contribution in [2.75, 3.05) is 0 Å². The number of carbonyl (C=O) groups excluding carboxylic acids is 1. The molecule has 0 spiro atoms. The second-order valence-electron chi connectivity index (χ2n) is 0.477. The molecule has 0 aliphatic heterocycles. The third kappa shape index (κ3) is 3.23. The van der Waals surface area contributed by atoms with Gasteiger partial charge in [-0.2, -0.15) is 0 Å². The van der Waals surface area contributed by atoms with Crippen LogP contribution in [0.5, 0.6) is 0 Å². The monoisotopic (exact) mass is 67.0 g/mol. The normalized spacial score (nSPS) is 4.20. The quantitative estimate of drug-likeness (QED) is 0.368. The first kappa shape index (κ1) is 4.23. The summed E-state index contributed by atoms with van der Waals surface area (Å²) in [7, 11) is 0. The highest BCUT2D eigenvalue weighted by molar-refractivity contribution is 5.72. The molecular weight excluding hydrogens is 64.0 g/mol. The van der Waals surface area contributed by atoms with Crippen LogP contribution < -0.4 is 0 Å². The fraction of sp³-hybridized carbons (Fsp3) is 0.250. The van der Waals surface area contributed by atoms with Gasteiger partial charge in [0.15, 0.2) is 0 Å². The first-order chi connectivity index (χ1) is 2.41. The summed E-state index contributed by atoms with van der Waals surface area (Å²) in [6, 6.07) is 0. The van der Waals surface area contributed by atoms with E-state index in [0.29, 0.717) is 0 Å². The van der Waals surface area contributed by atoms with Crippen LogP contribution in [-0.2, 0) is 4.79 Å². The van der Waals surface area contributed by atoms with E-state index in [1.54, 1.807) is 6.92 Å². The van der Waals surface area contributed by atoms with Crippen molar-refractivity contribution in [2.24, 2.45) is 0 Å². The smallest absolute Gasteiger partial charge is 0.275 e. The van der Waals surface area contributed by atoms with Gasteiger partial charge in [-0.05, 0) is 12.8 Å². The molecule has 0 amide bonds. The molecule has 0 aliphatic carbocycles. The van der Waals surface area contributed by atoms with Gasteiger partial charge in [-0.25, -0.2) is 0 Å². The minimum atomic E-state index is 1.41. The van der Waals surface area contributed by atoms with E-state index in [2.05, 4.69) is 11.8 Å². The van der Waals surface area contributed by atoms with Crippen molar-refractivity contribution in [3.05, 3.63) is 0 Å². The molecule has 1 radical (unpaired) electrons. The van der Waals surface area contributed by atoms with Crippen LogP contribution in [-0.4, -0.2) is 6.29 Å². The Hall–Kier alpha value is -0.770. The van der Waals surface area contributed by atoms with Gasteiger partial charge in [0.05, 0.1) is 0 Å². The summed E-state index contributed by atoms with van der Waals surface area (Å²) in [6.07, 6.45) is 1.41. The summed E-state index contributed by atoms with van der Waals surface area (Å²) in [5, 5.41) is 0. The Balaban J connectivity index is 3.16. The highest BCUT2D eigenvalue weighted by Crippen LogP contribution is 1.37. The summed E-state index contributed by atoms with van der Waals surface area (Å²) in [5.41, 5.74) is 0. The van der Waals surface area contributed by atoms with E-state index < -0.39 is 0 Å². The summed E-state index contributed by atoms with van der Waals surface area (Å²) in [6.45, 7) is 1.59. The minimum absolute atomic E-state index is 1.41. The zero-order valence-corrected chi connectivity index (χ0v) is 2.91. The zero-order valence-electron chi connectivity index (χ0n) is 2.91. The molecule has 5 heavy (non-hydrogen) atoms. The predicted octanol–water partition coefficient (Wildman–Crippen LogP) is 0.119. The van der Waals surface area contributed by atoms with Crippen molar-refractivity contribution in [1.82, 2.24) is 0 Å². The minimum Gasteiger partial charge on any atom is -0.275 e. The van der Waals surface area contributed by atoms with E-state index in [1.807, 2.05) is 0 Å². The van der Waals surface area contributed by atoms with Crippen molar-refractivity contribution in [1.29, 1.82) is 0 Å². The Bertz CT molecular complexity index is 73.4. The lowest BCUT2D eigenvalue weighted by atomic mass is 10.7. The van der Waals surface area contributed by atoms with Crippen LogP contribution in [0.4, 0.5) is 0 Å². The maximum atomic E-state index is 9.11. The molecule has 25 valence electrons. The van der Waals surface area contributed by atoms with E-state index in [-0.39, 0.29) is 0 Å². The molecule has 0 fully saturated rings. The molecule has 0 atom stereocenters. The molecule has 0 aromatic heterocycles. The standard InChI is InChI=1S/C4H3O/c1-2-3-4-5/h1H3. The lowest BCUT2D eigenvalue weighted by Crippen LogP contribution is -1.51. The van der Waals surface area contributed by atoms with Crippen LogP contribution >= 0.6 is 0 Å². The third-order valence-electron chi connectivity index (χ3n) is 0.176. The largest absolute Gasteiger partial charge is 0.284 e. The molecule has 0 unspecified atom stereocenters. The molecule has 0 heterocycles. The van der Waals surface area contributed by atoms with E-state index in [4.69, 9.17) is 4.79 Å². The van der Waals surface area contributed by atoms with Crippen LogP contribution in [0.2, 0.25) is 0 Å². The van der Waals surface area contributed by atoms with Gasteiger partial charge in [0, 0.05) is 0 Å². The van der Waals surface area contributed by atoms with Crippen LogP contribution in [0.15, 0.2) is 0 Å². The summed E-state index contributed by atoms with van der Waals surface area (Å²) >= 11 is 0. The van der Waals surface area contributed by atoms with Gasteiger partial charge in [0.1, 0.15) is 0 Å². The molecule has 0 saturated carbocycles. The Morgan fingerprint density at radius 3 is 2.20 bits per heavy atom. The molecular formula is C4H3O. The fourth-order valence-corrected chi connectivity index (χ4v) is 0.0510. The molecule has 1 nitrogen and oxygen atoms in total. The first-order valence-corrected chi connectivity index (χ1v) is 1.20. The Kier molecular flexibility index (Phi) is 2.73. The molecule has 0 N–H and O–H groups in total. The first-order valence-electron chi connectivity index (χ1n) is 1.20. The van der Waals surface area contributed by atoms with Crippen molar-refractivity contribution >= 4 is 6.29 Å². The molecule has 0 saturated heterocycles. The van der Waals surface area contributed by atoms with Crippen LogP contribution in [0.25, 0.3) is 0 Å². The van der Waals surface area contributed by atoms with Crippen LogP contribution in [0, 0.1) is 11.8 Å². The van der Waals surface area contributed by atoms with Gasteiger partial charge in [0.25, 0.3) is 6.29 Å². The van der Waals surface area contributed by atoms with E-state index in [1.165, 1.54) is 6.29 Å². The van der Waals surface area contributed by atoms with Gasteiger partial charge in [-0.15, -0.1) is 0 Å². The Morgan fingerprint density at radius 2 is 2.20 bits per heavy atom. The van der Waals surface area contributed by atoms with Gasteiger partial charge >= 0.3 is 0 Å². The number of rotatable bonds is 0. The van der Waals surface area contributed by atoms with E-state index >= 15 is 0 Å². The highest BCUT2D eigenvalue weighted by atomic mass is 16.1. The van der Waals surface area contributed by atoms with Crippen molar-refractivity contribution in [3.8, 4) is 11.8 Å². The molecule has 0 aromatic carbocycles. The topological polar surface area (TPSA) is 17.1 Å². The predicted molar refractivity (Wildman–Crippen MR) is 19.1 cm³/mol. The van der Waals surface area contributed by atoms with Gasteiger partial charge in [-0.1, -0.05) is 5.92 Å². The second-order valence-corrected chi connectivity index (χ2v) is 0.477. The average Bonchev–Trinajstić information content (AvgIpc) is 1.41. The lowest BCUT2D eigenvalue weighted by molar-refractivity contribution is 0.566. The number of hydrogen-bond donors (Lipinski definition) is 0. The molecule has 0 aromatic rings. The zero-order chi connectivity index (χ0) is 4.12. The summed E-state index contributed by atoms with van der Waals surface area (Å²) in [4.78, 5) is 9.11. The lowest BCUT2D eigenvalue weighted by Gasteiger charge is -1.40. The highest BCUT2D eigenvalue weighted by Gasteiger charge is 1.47. The van der Waals surface area contributed by atoms with E-state index in [0.717, 1.165) is 0 Å². The molecule has 0 bridgehead atoms. The van der Waals surface area contributed by atoms with Crippen LogP contribution in [0.1, 0.15) is 6.92 Å². The maximum absolute atomic E-state index is 9.11. The molecule has 1 heteroatoms.